The van der Waals surface area contributed by atoms with Crippen LogP contribution in [0.4, 0.5) is 0 Å². The van der Waals surface area contributed by atoms with E-state index < -0.39 is 0 Å². The first-order valence-corrected chi connectivity index (χ1v) is 10.7. The second-order valence-corrected chi connectivity index (χ2v) is 8.21. The maximum Gasteiger partial charge on any atom is 0.230 e. The van der Waals surface area contributed by atoms with Crippen LogP contribution in [0, 0.1) is 6.92 Å². The maximum atomic E-state index is 12.1. The lowest BCUT2D eigenvalue weighted by atomic mass is 10.1. The van der Waals surface area contributed by atoms with E-state index in [-0.39, 0.29) is 5.91 Å². The van der Waals surface area contributed by atoms with Crippen LogP contribution < -0.4 is 5.32 Å². The van der Waals surface area contributed by atoms with Crippen molar-refractivity contribution in [3.05, 3.63) is 81.1 Å². The Morgan fingerprint density at radius 3 is 2.71 bits per heavy atom. The summed E-state index contributed by atoms with van der Waals surface area (Å²) in [7, 11) is 0. The molecular formula is C21H21Cl2N3OS. The van der Waals surface area contributed by atoms with Gasteiger partial charge in [0.25, 0.3) is 0 Å². The van der Waals surface area contributed by atoms with Crippen LogP contribution in [-0.4, -0.2) is 28.2 Å². The highest BCUT2D eigenvalue weighted by Gasteiger charge is 2.10. The van der Waals surface area contributed by atoms with Crippen molar-refractivity contribution < 1.29 is 4.79 Å². The second kappa shape index (κ2) is 10.0. The van der Waals surface area contributed by atoms with Gasteiger partial charge in [-0.15, -0.1) is 0 Å². The minimum atomic E-state index is -0.0336. The lowest BCUT2D eigenvalue weighted by Gasteiger charge is -2.06. The summed E-state index contributed by atoms with van der Waals surface area (Å²) < 4.78 is 0. The molecule has 0 aliphatic heterocycles. The van der Waals surface area contributed by atoms with Crippen LogP contribution in [0.2, 0.25) is 10.0 Å². The average molecular weight is 434 g/mol. The molecule has 0 unspecified atom stereocenters. The van der Waals surface area contributed by atoms with Crippen LogP contribution >= 0.6 is 35.0 Å². The third kappa shape index (κ3) is 6.03. The highest BCUT2D eigenvalue weighted by molar-refractivity contribution is 7.99. The van der Waals surface area contributed by atoms with Crippen LogP contribution in [-0.2, 0) is 17.6 Å². The van der Waals surface area contributed by atoms with Gasteiger partial charge in [-0.2, -0.15) is 0 Å². The first kappa shape index (κ1) is 20.8. The quantitative estimate of drug-likeness (QED) is 0.487. The molecule has 146 valence electrons. The van der Waals surface area contributed by atoms with Crippen molar-refractivity contribution in [2.45, 2.75) is 24.9 Å². The van der Waals surface area contributed by atoms with Crippen LogP contribution in [0.25, 0.3) is 0 Å². The Morgan fingerprint density at radius 2 is 1.96 bits per heavy atom. The Labute approximate surface area is 179 Å². The van der Waals surface area contributed by atoms with Gasteiger partial charge in [-0.3, -0.25) is 4.79 Å². The first-order valence-electron chi connectivity index (χ1n) is 8.94. The van der Waals surface area contributed by atoms with E-state index in [4.69, 9.17) is 23.2 Å². The number of halogens is 2. The lowest BCUT2D eigenvalue weighted by Crippen LogP contribution is -2.27. The summed E-state index contributed by atoms with van der Waals surface area (Å²) in [5.41, 5.74) is 4.22. The van der Waals surface area contributed by atoms with Gasteiger partial charge < -0.3 is 10.3 Å². The molecule has 0 fully saturated rings. The van der Waals surface area contributed by atoms with E-state index in [1.54, 1.807) is 12.1 Å². The number of hydrogen-bond acceptors (Lipinski definition) is 3. The van der Waals surface area contributed by atoms with Gasteiger partial charge in [-0.05, 0) is 36.6 Å². The fourth-order valence-corrected chi connectivity index (χ4v) is 4.02. The number of nitrogens with one attached hydrogen (secondary N) is 2. The van der Waals surface area contributed by atoms with Crippen molar-refractivity contribution in [2.24, 2.45) is 0 Å². The van der Waals surface area contributed by atoms with Gasteiger partial charge in [0.15, 0.2) is 5.16 Å². The molecule has 0 saturated heterocycles. The second-order valence-electron chi connectivity index (χ2n) is 6.40. The Hall–Kier alpha value is -1.95. The SMILES string of the molecule is Cc1[nH]c(SCC(=O)NCCc2ccc(Cl)cc2Cl)nc1Cc1ccccc1. The normalized spacial score (nSPS) is 10.8. The summed E-state index contributed by atoms with van der Waals surface area (Å²) >= 11 is 13.4. The molecule has 1 heterocycles. The number of aromatic amines is 1. The number of nitrogens with zero attached hydrogens (tertiary/aromatic N) is 1. The number of aromatic nitrogens is 2. The van der Waals surface area contributed by atoms with Crippen LogP contribution in [0.5, 0.6) is 0 Å². The van der Waals surface area contributed by atoms with Gasteiger partial charge in [0.2, 0.25) is 5.91 Å². The lowest BCUT2D eigenvalue weighted by molar-refractivity contribution is -0.118. The third-order valence-electron chi connectivity index (χ3n) is 4.25. The molecule has 0 spiro atoms. The summed E-state index contributed by atoms with van der Waals surface area (Å²) in [6, 6.07) is 15.6. The molecule has 3 rings (SSSR count). The Morgan fingerprint density at radius 1 is 1.18 bits per heavy atom. The molecule has 3 aromatic rings. The number of benzene rings is 2. The molecule has 0 bridgehead atoms. The molecule has 0 aliphatic carbocycles. The molecule has 28 heavy (non-hydrogen) atoms. The number of rotatable bonds is 8. The van der Waals surface area contributed by atoms with Gasteiger partial charge in [0.05, 0.1) is 11.4 Å². The molecule has 7 heteroatoms. The average Bonchev–Trinajstić information content (AvgIpc) is 3.02. The molecule has 4 nitrogen and oxygen atoms in total. The molecule has 0 aliphatic rings. The largest absolute Gasteiger partial charge is 0.355 e. The predicted molar refractivity (Wildman–Crippen MR) is 116 cm³/mol. The van der Waals surface area contributed by atoms with E-state index in [1.807, 2.05) is 31.2 Å². The topological polar surface area (TPSA) is 57.8 Å². The van der Waals surface area contributed by atoms with E-state index in [9.17, 15) is 4.79 Å². The molecule has 1 aromatic heterocycles. The zero-order valence-corrected chi connectivity index (χ0v) is 17.8. The Bertz CT molecular complexity index is 944. The van der Waals surface area contributed by atoms with Crippen molar-refractivity contribution in [3.8, 4) is 0 Å². The fraction of sp³-hybridized carbons (Fsp3) is 0.238. The molecule has 0 radical (unpaired) electrons. The summed E-state index contributed by atoms with van der Waals surface area (Å²) in [6.07, 6.45) is 1.44. The van der Waals surface area contributed by atoms with Gasteiger partial charge in [0, 0.05) is 28.7 Å². The van der Waals surface area contributed by atoms with Gasteiger partial charge in [-0.1, -0.05) is 71.4 Å². The zero-order chi connectivity index (χ0) is 19.9. The maximum absolute atomic E-state index is 12.1. The van der Waals surface area contributed by atoms with E-state index in [1.165, 1.54) is 17.3 Å². The van der Waals surface area contributed by atoms with Crippen LogP contribution in [0.1, 0.15) is 22.5 Å². The number of amides is 1. The van der Waals surface area contributed by atoms with Gasteiger partial charge in [0.1, 0.15) is 0 Å². The van der Waals surface area contributed by atoms with Crippen LogP contribution in [0.15, 0.2) is 53.7 Å². The smallest absolute Gasteiger partial charge is 0.230 e. The number of aryl methyl sites for hydroxylation is 1. The molecule has 2 aromatic carbocycles. The molecule has 0 atom stereocenters. The minimum Gasteiger partial charge on any atom is -0.355 e. The van der Waals surface area contributed by atoms with Gasteiger partial charge >= 0.3 is 0 Å². The zero-order valence-electron chi connectivity index (χ0n) is 15.5. The fourth-order valence-electron chi connectivity index (χ4n) is 2.74. The summed E-state index contributed by atoms with van der Waals surface area (Å²) in [5.74, 6) is 0.278. The first-order chi connectivity index (χ1) is 13.5. The van der Waals surface area contributed by atoms with Gasteiger partial charge in [-0.25, -0.2) is 4.98 Å². The number of hydrogen-bond donors (Lipinski definition) is 2. The number of H-pyrrole nitrogens is 1. The molecular weight excluding hydrogens is 413 g/mol. The van der Waals surface area contributed by atoms with E-state index in [2.05, 4.69) is 27.4 Å². The van der Waals surface area contributed by atoms with Crippen molar-refractivity contribution in [1.82, 2.24) is 15.3 Å². The Balaban J connectivity index is 1.45. The number of carbonyl (C=O) groups excluding carboxylic acids is 1. The third-order valence-corrected chi connectivity index (χ3v) is 5.71. The number of thioether (sulfide) groups is 1. The summed E-state index contributed by atoms with van der Waals surface area (Å²) in [6.45, 7) is 2.53. The molecule has 0 saturated carbocycles. The minimum absolute atomic E-state index is 0.0336. The van der Waals surface area contributed by atoms with Crippen molar-refractivity contribution in [3.63, 3.8) is 0 Å². The highest BCUT2D eigenvalue weighted by atomic mass is 35.5. The molecule has 2 N–H and O–H groups in total. The van der Waals surface area contributed by atoms with E-state index >= 15 is 0 Å². The van der Waals surface area contributed by atoms with E-state index in [0.717, 1.165) is 28.5 Å². The summed E-state index contributed by atoms with van der Waals surface area (Å²) in [4.78, 5) is 20.0. The van der Waals surface area contributed by atoms with Crippen molar-refractivity contribution in [2.75, 3.05) is 12.3 Å². The number of imidazole rings is 1. The van der Waals surface area contributed by atoms with Crippen molar-refractivity contribution in [1.29, 1.82) is 0 Å². The highest BCUT2D eigenvalue weighted by Crippen LogP contribution is 2.21. The standard InChI is InChI=1S/C21H21Cl2N3OS/c1-14-19(11-15-5-3-2-4-6-15)26-21(25-14)28-13-20(27)24-10-9-16-7-8-17(22)12-18(16)23/h2-8,12H,9-11,13H2,1H3,(H,24,27)(H,25,26). The van der Waals surface area contributed by atoms with Crippen LogP contribution in [0.3, 0.4) is 0 Å². The predicted octanol–water partition coefficient (Wildman–Crippen LogP) is 5.07. The molecule has 1 amide bonds. The monoisotopic (exact) mass is 433 g/mol. The van der Waals surface area contributed by atoms with Crippen molar-refractivity contribution >= 4 is 40.9 Å². The summed E-state index contributed by atoms with van der Waals surface area (Å²) in [5, 5.41) is 4.90. The Kier molecular flexibility index (Phi) is 7.43. The number of carbonyl (C=O) groups is 1. The van der Waals surface area contributed by atoms with E-state index in [0.29, 0.717) is 28.8 Å².